The van der Waals surface area contributed by atoms with Crippen LogP contribution in [0.4, 0.5) is 11.8 Å². The Hall–Kier alpha value is -3.53. The number of aryl methyl sites for hydroxylation is 1. The molecule has 2 aromatic heterocycles. The second-order valence-electron chi connectivity index (χ2n) is 9.63. The van der Waals surface area contributed by atoms with E-state index in [0.717, 1.165) is 24.0 Å². The summed E-state index contributed by atoms with van der Waals surface area (Å²) in [6, 6.07) is 9.08. The molecule has 1 saturated heterocycles. The number of rotatable bonds is 7. The molecule has 1 aliphatic heterocycles. The first-order chi connectivity index (χ1) is 17.8. The van der Waals surface area contributed by atoms with Crippen LogP contribution in [0.1, 0.15) is 37.7 Å². The molecule has 2 atom stereocenters. The number of nitrogens with one attached hydrogen (secondary N) is 2. The first-order valence-corrected chi connectivity index (χ1v) is 13.8. The number of aromatic nitrogens is 4. The van der Waals surface area contributed by atoms with Crippen LogP contribution in [-0.2, 0) is 17.1 Å². The van der Waals surface area contributed by atoms with Gasteiger partial charge in [-0.05, 0) is 49.8 Å². The highest BCUT2D eigenvalue weighted by molar-refractivity contribution is 7.89. The summed E-state index contributed by atoms with van der Waals surface area (Å²) in [6.45, 7) is 0.761. The van der Waals surface area contributed by atoms with E-state index < -0.39 is 10.0 Å². The number of hydrogen-bond acceptors (Lipinski definition) is 9. The molecule has 12 heteroatoms. The van der Waals surface area contributed by atoms with Crippen LogP contribution in [0.5, 0.6) is 0 Å². The highest BCUT2D eigenvalue weighted by atomic mass is 32.2. The summed E-state index contributed by atoms with van der Waals surface area (Å²) in [5.74, 6) is 0.848. The number of aliphatic hydroxyl groups is 1. The molecule has 1 aliphatic carbocycles. The molecule has 1 saturated carbocycles. The standard InChI is InChI=1S/C25H30N8O3S/c1-32-16-19(15-28-32)17-2-6-23(7-3-17)37(35,36)33-10-8-20(9-11-33)30-25-27-14-18(13-26)24(31-25)29-21-4-5-22(34)12-21/h2-3,6-7,14-16,20-22,34H,4-5,8-12H2,1H3,(H2,27,29,30,31)/t21-,22+/m0/s1. The molecule has 11 nitrogen and oxygen atoms in total. The summed E-state index contributed by atoms with van der Waals surface area (Å²) in [6.07, 6.45) is 8.16. The molecule has 2 aliphatic rings. The minimum absolute atomic E-state index is 0.00787. The number of nitriles is 1. The van der Waals surface area contributed by atoms with E-state index in [0.29, 0.717) is 49.7 Å². The zero-order chi connectivity index (χ0) is 26.0. The number of hydrogen-bond donors (Lipinski definition) is 3. The molecule has 0 spiro atoms. The van der Waals surface area contributed by atoms with Gasteiger partial charge < -0.3 is 15.7 Å². The Morgan fingerprint density at radius 2 is 1.78 bits per heavy atom. The second-order valence-corrected chi connectivity index (χ2v) is 11.6. The Morgan fingerprint density at radius 3 is 2.41 bits per heavy atom. The van der Waals surface area contributed by atoms with E-state index in [1.54, 1.807) is 35.1 Å². The van der Waals surface area contributed by atoms with E-state index in [-0.39, 0.29) is 23.1 Å². The smallest absolute Gasteiger partial charge is 0.243 e. The summed E-state index contributed by atoms with van der Waals surface area (Å²) >= 11 is 0. The highest BCUT2D eigenvalue weighted by Gasteiger charge is 2.30. The number of anilines is 2. The third-order valence-corrected chi connectivity index (χ3v) is 8.89. The molecule has 0 unspecified atom stereocenters. The van der Waals surface area contributed by atoms with Gasteiger partial charge in [0.25, 0.3) is 0 Å². The van der Waals surface area contributed by atoms with Crippen molar-refractivity contribution in [1.29, 1.82) is 5.26 Å². The molecule has 2 fully saturated rings. The molecule has 3 N–H and O–H groups in total. The highest BCUT2D eigenvalue weighted by Crippen LogP contribution is 2.27. The molecule has 37 heavy (non-hydrogen) atoms. The maximum absolute atomic E-state index is 13.2. The Labute approximate surface area is 216 Å². The van der Waals surface area contributed by atoms with E-state index in [1.807, 2.05) is 13.2 Å². The Morgan fingerprint density at radius 1 is 1.03 bits per heavy atom. The second kappa shape index (κ2) is 10.5. The van der Waals surface area contributed by atoms with Gasteiger partial charge in [-0.25, -0.2) is 13.4 Å². The van der Waals surface area contributed by atoms with Gasteiger partial charge in [0.15, 0.2) is 0 Å². The quantitative estimate of drug-likeness (QED) is 0.425. The van der Waals surface area contributed by atoms with Crippen molar-refractivity contribution in [1.82, 2.24) is 24.1 Å². The molecule has 3 heterocycles. The third kappa shape index (κ3) is 5.58. The van der Waals surface area contributed by atoms with Crippen molar-refractivity contribution in [3.63, 3.8) is 0 Å². The minimum Gasteiger partial charge on any atom is -0.393 e. The first-order valence-electron chi connectivity index (χ1n) is 12.4. The molecule has 0 radical (unpaired) electrons. The normalized spacial score (nSPS) is 21.0. The molecule has 194 valence electrons. The van der Waals surface area contributed by atoms with Crippen molar-refractivity contribution in [3.8, 4) is 17.2 Å². The van der Waals surface area contributed by atoms with Gasteiger partial charge in [0.2, 0.25) is 16.0 Å². The van der Waals surface area contributed by atoms with Crippen LogP contribution in [0, 0.1) is 11.3 Å². The summed E-state index contributed by atoms with van der Waals surface area (Å²) in [7, 11) is -1.76. The monoisotopic (exact) mass is 522 g/mol. The molecule has 5 rings (SSSR count). The maximum atomic E-state index is 13.2. The molecule has 0 amide bonds. The fourth-order valence-corrected chi connectivity index (χ4v) is 6.36. The number of nitrogens with zero attached hydrogens (tertiary/aromatic N) is 6. The fraction of sp³-hybridized carbons (Fsp3) is 0.440. The van der Waals surface area contributed by atoms with Crippen LogP contribution in [0.25, 0.3) is 11.1 Å². The van der Waals surface area contributed by atoms with Crippen LogP contribution in [-0.4, -0.2) is 68.9 Å². The Bertz CT molecular complexity index is 1390. The number of benzene rings is 1. The molecule has 3 aromatic rings. The summed E-state index contributed by atoms with van der Waals surface area (Å²) in [4.78, 5) is 9.05. The van der Waals surface area contributed by atoms with Crippen LogP contribution in [0.3, 0.4) is 0 Å². The zero-order valence-corrected chi connectivity index (χ0v) is 21.4. The molecule has 0 bridgehead atoms. The first kappa shape index (κ1) is 25.1. The van der Waals surface area contributed by atoms with Gasteiger partial charge in [-0.1, -0.05) is 12.1 Å². The van der Waals surface area contributed by atoms with E-state index in [4.69, 9.17) is 0 Å². The van der Waals surface area contributed by atoms with Crippen LogP contribution in [0.15, 0.2) is 47.8 Å². The summed E-state index contributed by atoms with van der Waals surface area (Å²) < 4.78 is 29.7. The lowest BCUT2D eigenvalue weighted by Crippen LogP contribution is -2.42. The third-order valence-electron chi connectivity index (χ3n) is 6.97. The molecule has 1 aromatic carbocycles. The predicted octanol–water partition coefficient (Wildman–Crippen LogP) is 2.34. The largest absolute Gasteiger partial charge is 0.393 e. The SMILES string of the molecule is Cn1cc(-c2ccc(S(=O)(=O)N3CCC(Nc4ncc(C#N)c(N[C@H]5CC[C@@H](O)C5)n4)CC3)cc2)cn1. The van der Waals surface area contributed by atoms with Gasteiger partial charge in [-0.3, -0.25) is 4.68 Å². The van der Waals surface area contributed by atoms with Crippen molar-refractivity contribution in [3.05, 3.63) is 48.4 Å². The predicted molar refractivity (Wildman–Crippen MR) is 138 cm³/mol. The average molecular weight is 523 g/mol. The fourth-order valence-electron chi connectivity index (χ4n) is 4.89. The van der Waals surface area contributed by atoms with Gasteiger partial charge in [-0.2, -0.15) is 19.6 Å². The summed E-state index contributed by atoms with van der Waals surface area (Å²) in [5, 5.41) is 29.9. The van der Waals surface area contributed by atoms with Crippen LogP contribution in [0.2, 0.25) is 0 Å². The lowest BCUT2D eigenvalue weighted by atomic mass is 10.1. The van der Waals surface area contributed by atoms with Crippen LogP contribution < -0.4 is 10.6 Å². The van der Waals surface area contributed by atoms with Crippen molar-refractivity contribution >= 4 is 21.8 Å². The number of piperidine rings is 1. The maximum Gasteiger partial charge on any atom is 0.243 e. The van der Waals surface area contributed by atoms with Crippen molar-refractivity contribution < 1.29 is 13.5 Å². The average Bonchev–Trinajstić information content (AvgIpc) is 3.52. The molecular formula is C25H30N8O3S. The van der Waals surface area contributed by atoms with Crippen molar-refractivity contribution in [2.45, 2.75) is 55.2 Å². The number of sulfonamides is 1. The van der Waals surface area contributed by atoms with Crippen molar-refractivity contribution in [2.75, 3.05) is 23.7 Å². The molecular weight excluding hydrogens is 492 g/mol. The van der Waals surface area contributed by atoms with E-state index in [1.165, 1.54) is 10.5 Å². The summed E-state index contributed by atoms with van der Waals surface area (Å²) in [5.41, 5.74) is 2.19. The van der Waals surface area contributed by atoms with Crippen molar-refractivity contribution in [2.24, 2.45) is 7.05 Å². The topological polar surface area (TPSA) is 149 Å². The van der Waals surface area contributed by atoms with Gasteiger partial charge in [0.05, 0.1) is 23.4 Å². The van der Waals surface area contributed by atoms with Gasteiger partial charge in [-0.15, -0.1) is 0 Å². The lowest BCUT2D eigenvalue weighted by molar-refractivity contribution is 0.182. The minimum atomic E-state index is -3.60. The van der Waals surface area contributed by atoms with Gasteiger partial charge in [0, 0.05) is 44.0 Å². The zero-order valence-electron chi connectivity index (χ0n) is 20.6. The Balaban J connectivity index is 1.20. The van der Waals surface area contributed by atoms with E-state index in [2.05, 4.69) is 31.8 Å². The Kier molecular flexibility index (Phi) is 7.10. The van der Waals surface area contributed by atoms with E-state index >= 15 is 0 Å². The van der Waals surface area contributed by atoms with Gasteiger partial charge >= 0.3 is 0 Å². The number of aliphatic hydroxyl groups excluding tert-OH is 1. The lowest BCUT2D eigenvalue weighted by Gasteiger charge is -2.31. The van der Waals surface area contributed by atoms with Gasteiger partial charge in [0.1, 0.15) is 17.5 Å². The van der Waals surface area contributed by atoms with Crippen LogP contribution >= 0.6 is 0 Å². The van der Waals surface area contributed by atoms with E-state index in [9.17, 15) is 18.8 Å².